The van der Waals surface area contributed by atoms with E-state index < -0.39 is 4.92 Å². The molecule has 4 nitrogen and oxygen atoms in total. The molecule has 1 fully saturated rings. The number of aliphatic hydroxyl groups is 1. The number of rotatable bonds is 5. The van der Waals surface area contributed by atoms with E-state index in [0.29, 0.717) is 6.42 Å². The number of nitrogens with zero attached hydrogens (tertiary/aromatic N) is 1. The number of hydrogen-bond donors (Lipinski definition) is 1. The molecule has 1 aromatic rings. The van der Waals surface area contributed by atoms with Crippen molar-refractivity contribution in [2.24, 2.45) is 5.41 Å². The topological polar surface area (TPSA) is 63.4 Å². The van der Waals surface area contributed by atoms with Gasteiger partial charge in [0.2, 0.25) is 0 Å². The summed E-state index contributed by atoms with van der Waals surface area (Å²) in [4.78, 5) is 10.4. The van der Waals surface area contributed by atoms with E-state index in [1.165, 1.54) is 6.07 Å². The molecule has 0 bridgehead atoms. The predicted molar refractivity (Wildman–Crippen MR) is 74.7 cm³/mol. The first kappa shape index (κ1) is 13.7. The van der Waals surface area contributed by atoms with Crippen LogP contribution in [0.25, 0.3) is 5.57 Å². The molecule has 0 saturated heterocycles. The third-order valence-electron chi connectivity index (χ3n) is 4.05. The first-order valence-corrected chi connectivity index (χ1v) is 6.60. The van der Waals surface area contributed by atoms with Crippen LogP contribution in [0.3, 0.4) is 0 Å². The second-order valence-corrected chi connectivity index (χ2v) is 5.45. The van der Waals surface area contributed by atoms with Gasteiger partial charge in [0.15, 0.2) is 0 Å². The summed E-state index contributed by atoms with van der Waals surface area (Å²) in [5.41, 5.74) is 1.69. The quantitative estimate of drug-likeness (QED) is 0.651. The Morgan fingerprint density at radius 3 is 2.68 bits per heavy atom. The Morgan fingerprint density at radius 2 is 2.11 bits per heavy atom. The summed E-state index contributed by atoms with van der Waals surface area (Å²) in [6, 6.07) is 6.56. The molecule has 0 aliphatic heterocycles. The molecule has 0 unspecified atom stereocenters. The molecule has 1 aliphatic rings. The molecule has 1 saturated carbocycles. The molecule has 0 radical (unpaired) electrons. The van der Waals surface area contributed by atoms with E-state index in [1.54, 1.807) is 12.1 Å². The minimum atomic E-state index is -0.395. The SMILES string of the molecule is C=C(CC1(CO)CCCC1)c1cccc([N+](=O)[O-])c1. The first-order valence-electron chi connectivity index (χ1n) is 6.60. The summed E-state index contributed by atoms with van der Waals surface area (Å²) in [6.45, 7) is 4.22. The van der Waals surface area contributed by atoms with Gasteiger partial charge in [-0.1, -0.05) is 31.6 Å². The maximum absolute atomic E-state index is 10.8. The van der Waals surface area contributed by atoms with Crippen LogP contribution >= 0.6 is 0 Å². The van der Waals surface area contributed by atoms with Gasteiger partial charge >= 0.3 is 0 Å². The average molecular weight is 261 g/mol. The van der Waals surface area contributed by atoms with Crippen molar-refractivity contribution in [1.29, 1.82) is 0 Å². The number of hydrogen-bond acceptors (Lipinski definition) is 3. The van der Waals surface area contributed by atoms with Gasteiger partial charge in [-0.25, -0.2) is 0 Å². The molecule has 1 aliphatic carbocycles. The highest BCUT2D eigenvalue weighted by molar-refractivity contribution is 5.66. The van der Waals surface area contributed by atoms with Crippen LogP contribution in [0.5, 0.6) is 0 Å². The molecule has 0 aromatic heterocycles. The summed E-state index contributed by atoms with van der Waals surface area (Å²) in [5, 5.41) is 20.4. The standard InChI is InChI=1S/C15H19NO3/c1-12(10-15(11-17)7-2-3-8-15)13-5-4-6-14(9-13)16(18)19/h4-6,9,17H,1-3,7-8,10-11H2. The van der Waals surface area contributed by atoms with Gasteiger partial charge < -0.3 is 5.11 Å². The van der Waals surface area contributed by atoms with Crippen LogP contribution in [0.15, 0.2) is 30.8 Å². The van der Waals surface area contributed by atoms with Crippen molar-refractivity contribution in [3.05, 3.63) is 46.5 Å². The van der Waals surface area contributed by atoms with Crippen molar-refractivity contribution >= 4 is 11.3 Å². The van der Waals surface area contributed by atoms with E-state index in [2.05, 4.69) is 6.58 Å². The normalized spacial score (nSPS) is 17.3. The van der Waals surface area contributed by atoms with E-state index in [1.807, 2.05) is 6.07 Å². The molecule has 4 heteroatoms. The highest BCUT2D eigenvalue weighted by Crippen LogP contribution is 2.44. The Morgan fingerprint density at radius 1 is 1.42 bits per heavy atom. The van der Waals surface area contributed by atoms with Gasteiger partial charge in [0, 0.05) is 18.7 Å². The smallest absolute Gasteiger partial charge is 0.270 e. The van der Waals surface area contributed by atoms with Gasteiger partial charge in [-0.3, -0.25) is 10.1 Å². The maximum Gasteiger partial charge on any atom is 0.270 e. The van der Waals surface area contributed by atoms with Crippen LogP contribution in [0, 0.1) is 15.5 Å². The lowest BCUT2D eigenvalue weighted by Gasteiger charge is -2.27. The lowest BCUT2D eigenvalue weighted by molar-refractivity contribution is -0.384. The fraction of sp³-hybridized carbons (Fsp3) is 0.467. The number of aliphatic hydroxyl groups excluding tert-OH is 1. The molecule has 0 atom stereocenters. The Kier molecular flexibility index (Phi) is 4.00. The van der Waals surface area contributed by atoms with Crippen molar-refractivity contribution in [2.45, 2.75) is 32.1 Å². The van der Waals surface area contributed by atoms with Crippen LogP contribution < -0.4 is 0 Å². The molecule has 19 heavy (non-hydrogen) atoms. The van der Waals surface area contributed by atoms with E-state index >= 15 is 0 Å². The van der Waals surface area contributed by atoms with Crippen LogP contribution in [-0.2, 0) is 0 Å². The summed E-state index contributed by atoms with van der Waals surface area (Å²) in [7, 11) is 0. The average Bonchev–Trinajstić information content (AvgIpc) is 2.88. The second-order valence-electron chi connectivity index (χ2n) is 5.45. The zero-order valence-electron chi connectivity index (χ0n) is 11.0. The van der Waals surface area contributed by atoms with Gasteiger partial charge in [0.1, 0.15) is 0 Å². The largest absolute Gasteiger partial charge is 0.396 e. The summed E-state index contributed by atoms with van der Waals surface area (Å²) in [6.07, 6.45) is 5.02. The third-order valence-corrected chi connectivity index (χ3v) is 4.05. The van der Waals surface area contributed by atoms with Crippen LogP contribution in [-0.4, -0.2) is 16.6 Å². The molecule has 2 rings (SSSR count). The maximum atomic E-state index is 10.8. The lowest BCUT2D eigenvalue weighted by atomic mass is 9.79. The summed E-state index contributed by atoms with van der Waals surface area (Å²) >= 11 is 0. The number of nitro groups is 1. The number of nitro benzene ring substituents is 1. The fourth-order valence-corrected chi connectivity index (χ4v) is 2.91. The second kappa shape index (κ2) is 5.53. The highest BCUT2D eigenvalue weighted by atomic mass is 16.6. The molecular formula is C15H19NO3. The zero-order chi connectivity index (χ0) is 13.9. The Hall–Kier alpha value is -1.68. The van der Waals surface area contributed by atoms with Gasteiger partial charge in [-0.2, -0.15) is 0 Å². The first-order chi connectivity index (χ1) is 9.06. The Labute approximate surface area is 112 Å². The van der Waals surface area contributed by atoms with E-state index in [4.69, 9.17) is 0 Å². The molecule has 102 valence electrons. The molecule has 0 amide bonds. The molecular weight excluding hydrogens is 242 g/mol. The molecule has 1 N–H and O–H groups in total. The van der Waals surface area contributed by atoms with Gasteiger partial charge in [0.25, 0.3) is 5.69 Å². The molecule has 0 heterocycles. The van der Waals surface area contributed by atoms with E-state index in [-0.39, 0.29) is 17.7 Å². The van der Waals surface area contributed by atoms with Gasteiger partial charge in [-0.15, -0.1) is 0 Å². The molecule has 0 spiro atoms. The Balaban J connectivity index is 2.15. The van der Waals surface area contributed by atoms with Crippen molar-refractivity contribution in [3.63, 3.8) is 0 Å². The van der Waals surface area contributed by atoms with Crippen molar-refractivity contribution in [1.82, 2.24) is 0 Å². The Bertz CT molecular complexity index is 490. The minimum absolute atomic E-state index is 0.0678. The third kappa shape index (κ3) is 3.01. The predicted octanol–water partition coefficient (Wildman–Crippen LogP) is 3.55. The molecule has 1 aromatic carbocycles. The van der Waals surface area contributed by atoms with Crippen molar-refractivity contribution in [3.8, 4) is 0 Å². The van der Waals surface area contributed by atoms with E-state index in [0.717, 1.165) is 36.8 Å². The van der Waals surface area contributed by atoms with Crippen LogP contribution in [0.4, 0.5) is 5.69 Å². The van der Waals surface area contributed by atoms with Gasteiger partial charge in [-0.05, 0) is 35.8 Å². The lowest BCUT2D eigenvalue weighted by Crippen LogP contribution is -2.21. The highest BCUT2D eigenvalue weighted by Gasteiger charge is 2.33. The van der Waals surface area contributed by atoms with Crippen molar-refractivity contribution in [2.75, 3.05) is 6.61 Å². The number of non-ortho nitro benzene ring substituents is 1. The fourth-order valence-electron chi connectivity index (χ4n) is 2.91. The van der Waals surface area contributed by atoms with Crippen LogP contribution in [0.1, 0.15) is 37.7 Å². The van der Waals surface area contributed by atoms with E-state index in [9.17, 15) is 15.2 Å². The number of benzene rings is 1. The van der Waals surface area contributed by atoms with Crippen LogP contribution in [0.2, 0.25) is 0 Å². The zero-order valence-corrected chi connectivity index (χ0v) is 11.0. The van der Waals surface area contributed by atoms with Crippen molar-refractivity contribution < 1.29 is 10.0 Å². The minimum Gasteiger partial charge on any atom is -0.396 e. The summed E-state index contributed by atoms with van der Waals surface area (Å²) < 4.78 is 0. The summed E-state index contributed by atoms with van der Waals surface area (Å²) in [5.74, 6) is 0. The monoisotopic (exact) mass is 261 g/mol. The number of allylic oxidation sites excluding steroid dienone is 1. The van der Waals surface area contributed by atoms with Gasteiger partial charge in [0.05, 0.1) is 4.92 Å².